The van der Waals surface area contributed by atoms with E-state index >= 15 is 0 Å². The predicted molar refractivity (Wildman–Crippen MR) is 57.2 cm³/mol. The first-order valence-corrected chi connectivity index (χ1v) is 4.50. The SMILES string of the molecule is NC(=O)COCCNc1ccnc(N)c1. The number of nitrogens with two attached hydrogens (primary N) is 2. The lowest BCUT2D eigenvalue weighted by Gasteiger charge is -2.06. The van der Waals surface area contributed by atoms with Gasteiger partial charge < -0.3 is 21.5 Å². The molecule has 0 saturated heterocycles. The summed E-state index contributed by atoms with van der Waals surface area (Å²) in [5.41, 5.74) is 11.2. The van der Waals surface area contributed by atoms with Crippen molar-refractivity contribution in [1.82, 2.24) is 4.98 Å². The van der Waals surface area contributed by atoms with Gasteiger partial charge in [-0.3, -0.25) is 4.79 Å². The molecule has 1 aromatic heterocycles. The highest BCUT2D eigenvalue weighted by Gasteiger charge is 1.95. The number of carbonyl (C=O) groups excluding carboxylic acids is 1. The Morgan fingerprint density at radius 2 is 2.40 bits per heavy atom. The molecule has 5 N–H and O–H groups in total. The number of hydrogen-bond donors (Lipinski definition) is 3. The Balaban J connectivity index is 2.17. The average Bonchev–Trinajstić information content (AvgIpc) is 2.17. The van der Waals surface area contributed by atoms with Crippen LogP contribution in [-0.2, 0) is 9.53 Å². The summed E-state index contributed by atoms with van der Waals surface area (Å²) in [5.74, 6) is -0.0128. The summed E-state index contributed by atoms with van der Waals surface area (Å²) in [6, 6.07) is 3.51. The molecular formula is C9H14N4O2. The van der Waals surface area contributed by atoms with Crippen LogP contribution >= 0.6 is 0 Å². The number of aromatic nitrogens is 1. The first-order chi connectivity index (χ1) is 7.18. The number of carbonyl (C=O) groups is 1. The second-order valence-corrected chi connectivity index (χ2v) is 2.92. The van der Waals surface area contributed by atoms with Crippen LogP contribution in [0.15, 0.2) is 18.3 Å². The number of nitrogens with one attached hydrogen (secondary N) is 1. The molecule has 1 aromatic rings. The van der Waals surface area contributed by atoms with Crippen LogP contribution in [0.4, 0.5) is 11.5 Å². The van der Waals surface area contributed by atoms with Crippen molar-refractivity contribution in [2.24, 2.45) is 5.73 Å². The number of rotatable bonds is 6. The summed E-state index contributed by atoms with van der Waals surface area (Å²) in [7, 11) is 0. The Bertz CT molecular complexity index is 330. The van der Waals surface area contributed by atoms with Crippen LogP contribution in [0.2, 0.25) is 0 Å². The van der Waals surface area contributed by atoms with E-state index in [1.54, 1.807) is 18.3 Å². The average molecular weight is 210 g/mol. The lowest BCUT2D eigenvalue weighted by molar-refractivity contribution is -0.122. The van der Waals surface area contributed by atoms with Crippen LogP contribution in [0.3, 0.4) is 0 Å². The maximum absolute atomic E-state index is 10.3. The van der Waals surface area contributed by atoms with E-state index in [4.69, 9.17) is 16.2 Å². The molecule has 0 radical (unpaired) electrons. The van der Waals surface area contributed by atoms with E-state index in [-0.39, 0.29) is 6.61 Å². The molecule has 1 rings (SSSR count). The Kier molecular flexibility index (Phi) is 4.36. The van der Waals surface area contributed by atoms with Crippen LogP contribution in [-0.4, -0.2) is 30.6 Å². The molecule has 0 aliphatic carbocycles. The third-order valence-electron chi connectivity index (χ3n) is 1.60. The van der Waals surface area contributed by atoms with Gasteiger partial charge in [0.1, 0.15) is 12.4 Å². The fourth-order valence-electron chi connectivity index (χ4n) is 0.999. The first kappa shape index (κ1) is 11.3. The van der Waals surface area contributed by atoms with Gasteiger partial charge in [-0.1, -0.05) is 0 Å². The molecule has 15 heavy (non-hydrogen) atoms. The lowest BCUT2D eigenvalue weighted by Crippen LogP contribution is -2.20. The van der Waals surface area contributed by atoms with E-state index in [0.717, 1.165) is 5.69 Å². The number of primary amides is 1. The standard InChI is InChI=1S/C9H14N4O2/c10-8-5-7(1-2-13-8)12-3-4-15-6-9(11)14/h1-2,5H,3-4,6H2,(H2,11,14)(H3,10,12,13). The van der Waals surface area contributed by atoms with Gasteiger partial charge in [-0.15, -0.1) is 0 Å². The summed E-state index contributed by atoms with van der Waals surface area (Å²) in [6.07, 6.45) is 1.61. The van der Waals surface area contributed by atoms with Gasteiger partial charge in [0.2, 0.25) is 5.91 Å². The first-order valence-electron chi connectivity index (χ1n) is 4.50. The fraction of sp³-hybridized carbons (Fsp3) is 0.333. The number of nitrogens with zero attached hydrogens (tertiary/aromatic N) is 1. The summed E-state index contributed by atoms with van der Waals surface area (Å²) < 4.78 is 4.96. The van der Waals surface area contributed by atoms with Crippen LogP contribution in [0.1, 0.15) is 0 Å². The third kappa shape index (κ3) is 4.82. The van der Waals surface area contributed by atoms with Crippen molar-refractivity contribution in [3.8, 4) is 0 Å². The zero-order chi connectivity index (χ0) is 11.1. The molecule has 0 aliphatic heterocycles. The second-order valence-electron chi connectivity index (χ2n) is 2.92. The van der Waals surface area contributed by atoms with E-state index in [9.17, 15) is 4.79 Å². The lowest BCUT2D eigenvalue weighted by atomic mass is 10.4. The van der Waals surface area contributed by atoms with Gasteiger partial charge >= 0.3 is 0 Å². The molecule has 0 aromatic carbocycles. The van der Waals surface area contributed by atoms with Gasteiger partial charge in [-0.25, -0.2) is 4.98 Å². The van der Waals surface area contributed by atoms with Crippen LogP contribution in [0.25, 0.3) is 0 Å². The molecule has 82 valence electrons. The van der Waals surface area contributed by atoms with E-state index in [1.807, 2.05) is 0 Å². The van der Waals surface area contributed by atoms with Crippen molar-refractivity contribution in [2.45, 2.75) is 0 Å². The van der Waals surface area contributed by atoms with Crippen LogP contribution in [0, 0.1) is 0 Å². The smallest absolute Gasteiger partial charge is 0.243 e. The minimum Gasteiger partial charge on any atom is -0.384 e. The van der Waals surface area contributed by atoms with Gasteiger partial charge in [0.05, 0.1) is 6.61 Å². The second kappa shape index (κ2) is 5.82. The summed E-state index contributed by atoms with van der Waals surface area (Å²) in [4.78, 5) is 14.2. The van der Waals surface area contributed by atoms with Crippen LogP contribution in [0.5, 0.6) is 0 Å². The zero-order valence-corrected chi connectivity index (χ0v) is 8.27. The molecule has 6 nitrogen and oxygen atoms in total. The Hall–Kier alpha value is -1.82. The van der Waals surface area contributed by atoms with Crippen molar-refractivity contribution >= 4 is 17.4 Å². The van der Waals surface area contributed by atoms with Gasteiger partial charge in [0.25, 0.3) is 0 Å². The molecular weight excluding hydrogens is 196 g/mol. The van der Waals surface area contributed by atoms with E-state index < -0.39 is 5.91 Å². The van der Waals surface area contributed by atoms with Gasteiger partial charge in [-0.05, 0) is 6.07 Å². The molecule has 0 spiro atoms. The van der Waals surface area contributed by atoms with Crippen LogP contribution < -0.4 is 16.8 Å². The molecule has 0 aliphatic rings. The summed E-state index contributed by atoms with van der Waals surface area (Å²) in [5, 5.41) is 3.06. The van der Waals surface area contributed by atoms with Gasteiger partial charge in [-0.2, -0.15) is 0 Å². The Morgan fingerprint density at radius 1 is 1.60 bits per heavy atom. The van der Waals surface area contributed by atoms with Gasteiger partial charge in [0, 0.05) is 24.5 Å². The number of hydrogen-bond acceptors (Lipinski definition) is 5. The largest absolute Gasteiger partial charge is 0.384 e. The summed E-state index contributed by atoms with van der Waals surface area (Å²) in [6.45, 7) is 0.933. The highest BCUT2D eigenvalue weighted by atomic mass is 16.5. The molecule has 0 fully saturated rings. The van der Waals surface area contributed by atoms with Crippen molar-refractivity contribution in [3.05, 3.63) is 18.3 Å². The Labute approximate surface area is 87.6 Å². The molecule has 0 unspecified atom stereocenters. The normalized spacial score (nSPS) is 9.87. The minimum atomic E-state index is -0.469. The zero-order valence-electron chi connectivity index (χ0n) is 8.27. The maximum Gasteiger partial charge on any atom is 0.243 e. The van der Waals surface area contributed by atoms with E-state index in [0.29, 0.717) is 19.0 Å². The quantitative estimate of drug-likeness (QED) is 0.553. The third-order valence-corrected chi connectivity index (χ3v) is 1.60. The van der Waals surface area contributed by atoms with Gasteiger partial charge in [0.15, 0.2) is 0 Å². The highest BCUT2D eigenvalue weighted by Crippen LogP contribution is 2.07. The van der Waals surface area contributed by atoms with Crippen molar-refractivity contribution in [3.63, 3.8) is 0 Å². The number of ether oxygens (including phenoxy) is 1. The van der Waals surface area contributed by atoms with Crippen molar-refractivity contribution in [1.29, 1.82) is 0 Å². The molecule has 1 heterocycles. The molecule has 0 bridgehead atoms. The topological polar surface area (TPSA) is 103 Å². The molecule has 1 amide bonds. The number of amides is 1. The van der Waals surface area contributed by atoms with E-state index in [1.165, 1.54) is 0 Å². The highest BCUT2D eigenvalue weighted by molar-refractivity contribution is 5.74. The maximum atomic E-state index is 10.3. The number of anilines is 2. The van der Waals surface area contributed by atoms with Crippen molar-refractivity contribution in [2.75, 3.05) is 30.8 Å². The Morgan fingerprint density at radius 3 is 3.07 bits per heavy atom. The number of pyridine rings is 1. The minimum absolute atomic E-state index is 0.0554. The molecule has 0 atom stereocenters. The van der Waals surface area contributed by atoms with Crippen molar-refractivity contribution < 1.29 is 9.53 Å². The van der Waals surface area contributed by atoms with E-state index in [2.05, 4.69) is 10.3 Å². The predicted octanol–water partition coefficient (Wildman–Crippen LogP) is -0.422. The monoisotopic (exact) mass is 210 g/mol. The number of nitrogen functional groups attached to an aromatic ring is 1. The molecule has 0 saturated carbocycles. The fourth-order valence-corrected chi connectivity index (χ4v) is 0.999. The summed E-state index contributed by atoms with van der Waals surface area (Å²) >= 11 is 0. The molecule has 6 heteroatoms.